The molecule has 3 aromatic rings. The summed E-state index contributed by atoms with van der Waals surface area (Å²) in [5.41, 5.74) is 3.90. The van der Waals surface area contributed by atoms with Gasteiger partial charge >= 0.3 is 0 Å². The maximum absolute atomic E-state index is 5.74. The third-order valence-electron chi connectivity index (χ3n) is 3.81. The van der Waals surface area contributed by atoms with Crippen LogP contribution in [0.25, 0.3) is 11.1 Å². The van der Waals surface area contributed by atoms with Crippen LogP contribution in [-0.2, 0) is 23.2 Å². The average Bonchev–Trinajstić information content (AvgIpc) is 3.16. The minimum Gasteiger partial charge on any atom is -0.424 e. The van der Waals surface area contributed by atoms with Crippen LogP contribution in [-0.4, -0.2) is 28.5 Å². The van der Waals surface area contributed by atoms with Crippen molar-refractivity contribution in [2.75, 3.05) is 19.0 Å². The average molecular weight is 328 g/mol. The van der Waals surface area contributed by atoms with Crippen molar-refractivity contribution in [1.29, 1.82) is 0 Å². The first-order valence-corrected chi connectivity index (χ1v) is 8.12. The molecular weight excluding hydrogens is 304 g/mol. The summed E-state index contributed by atoms with van der Waals surface area (Å²) in [4.78, 5) is 4.51. The fraction of sp³-hybridized carbons (Fsp3) is 0.444. The number of oxazole rings is 1. The van der Waals surface area contributed by atoms with Crippen molar-refractivity contribution in [2.24, 2.45) is 0 Å². The number of hydrogen-bond acceptors (Lipinski definition) is 5. The van der Waals surface area contributed by atoms with E-state index in [4.69, 9.17) is 9.15 Å². The SMILES string of the molecule is COCCc1ccc2oc(NCc3cnn(C(C)(C)C)c3)nc2c1. The van der Waals surface area contributed by atoms with Crippen molar-refractivity contribution in [3.05, 3.63) is 41.7 Å². The second-order valence-corrected chi connectivity index (χ2v) is 6.88. The topological polar surface area (TPSA) is 65.1 Å². The molecule has 1 aromatic carbocycles. The predicted octanol–water partition coefficient (Wildman–Crippen LogP) is 3.58. The van der Waals surface area contributed by atoms with Gasteiger partial charge in [0.2, 0.25) is 0 Å². The Labute approximate surface area is 141 Å². The minimum atomic E-state index is -0.0194. The highest BCUT2D eigenvalue weighted by molar-refractivity contribution is 5.75. The highest BCUT2D eigenvalue weighted by Crippen LogP contribution is 2.21. The number of aromatic nitrogens is 3. The molecule has 0 atom stereocenters. The van der Waals surface area contributed by atoms with Crippen LogP contribution in [0.5, 0.6) is 0 Å². The number of nitrogens with one attached hydrogen (secondary N) is 1. The number of nitrogens with zero attached hydrogens (tertiary/aromatic N) is 3. The molecule has 0 aliphatic heterocycles. The summed E-state index contributed by atoms with van der Waals surface area (Å²) in [6.45, 7) is 7.70. The van der Waals surface area contributed by atoms with Crippen LogP contribution in [0, 0.1) is 0 Å². The first-order chi connectivity index (χ1) is 11.5. The minimum absolute atomic E-state index is 0.0194. The van der Waals surface area contributed by atoms with Gasteiger partial charge < -0.3 is 14.5 Å². The highest BCUT2D eigenvalue weighted by atomic mass is 16.5. The predicted molar refractivity (Wildman–Crippen MR) is 94.1 cm³/mol. The number of anilines is 1. The van der Waals surface area contributed by atoms with Crippen LogP contribution in [0.1, 0.15) is 31.9 Å². The normalized spacial score (nSPS) is 12.0. The van der Waals surface area contributed by atoms with Crippen LogP contribution in [0.2, 0.25) is 0 Å². The zero-order valence-corrected chi connectivity index (χ0v) is 14.7. The van der Waals surface area contributed by atoms with Crippen LogP contribution in [0.3, 0.4) is 0 Å². The molecule has 0 aliphatic carbocycles. The van der Waals surface area contributed by atoms with Gasteiger partial charge in [0.1, 0.15) is 5.52 Å². The van der Waals surface area contributed by atoms with E-state index in [9.17, 15) is 0 Å². The van der Waals surface area contributed by atoms with Crippen molar-refractivity contribution in [2.45, 2.75) is 39.3 Å². The van der Waals surface area contributed by atoms with Crippen LogP contribution >= 0.6 is 0 Å². The van der Waals surface area contributed by atoms with E-state index in [-0.39, 0.29) is 5.54 Å². The molecule has 2 heterocycles. The van der Waals surface area contributed by atoms with E-state index in [1.165, 1.54) is 5.56 Å². The van der Waals surface area contributed by atoms with E-state index < -0.39 is 0 Å². The molecule has 0 bridgehead atoms. The first-order valence-electron chi connectivity index (χ1n) is 8.12. The van der Waals surface area contributed by atoms with E-state index in [1.807, 2.05) is 35.3 Å². The molecule has 0 radical (unpaired) electrons. The van der Waals surface area contributed by atoms with Gasteiger partial charge in [-0.05, 0) is 44.9 Å². The van der Waals surface area contributed by atoms with Gasteiger partial charge in [-0.2, -0.15) is 10.1 Å². The summed E-state index contributed by atoms with van der Waals surface area (Å²) in [5.74, 6) is 0. The molecule has 128 valence electrons. The summed E-state index contributed by atoms with van der Waals surface area (Å²) in [6, 6.07) is 6.57. The number of ether oxygens (including phenoxy) is 1. The summed E-state index contributed by atoms with van der Waals surface area (Å²) in [5, 5.41) is 7.62. The molecule has 24 heavy (non-hydrogen) atoms. The van der Waals surface area contributed by atoms with Crippen molar-refractivity contribution < 1.29 is 9.15 Å². The van der Waals surface area contributed by atoms with E-state index >= 15 is 0 Å². The largest absolute Gasteiger partial charge is 0.424 e. The van der Waals surface area contributed by atoms with E-state index in [0.29, 0.717) is 19.2 Å². The molecule has 6 heteroatoms. The molecule has 0 saturated carbocycles. The summed E-state index contributed by atoms with van der Waals surface area (Å²) in [6.07, 6.45) is 4.77. The Balaban J connectivity index is 1.68. The Bertz CT molecular complexity index is 814. The highest BCUT2D eigenvalue weighted by Gasteiger charge is 2.14. The van der Waals surface area contributed by atoms with Gasteiger partial charge in [-0.15, -0.1) is 0 Å². The Kier molecular flexibility index (Phi) is 4.57. The van der Waals surface area contributed by atoms with Gasteiger partial charge in [-0.1, -0.05) is 6.07 Å². The molecule has 0 unspecified atom stereocenters. The Hall–Kier alpha value is -2.34. The third-order valence-corrected chi connectivity index (χ3v) is 3.81. The summed E-state index contributed by atoms with van der Waals surface area (Å²) < 4.78 is 12.8. The number of fused-ring (bicyclic) bond motifs is 1. The molecule has 0 spiro atoms. The van der Waals surface area contributed by atoms with Crippen molar-refractivity contribution in [3.63, 3.8) is 0 Å². The van der Waals surface area contributed by atoms with Crippen molar-refractivity contribution in [1.82, 2.24) is 14.8 Å². The smallest absolute Gasteiger partial charge is 0.295 e. The number of benzene rings is 1. The molecule has 6 nitrogen and oxygen atoms in total. The van der Waals surface area contributed by atoms with E-state index in [0.717, 1.165) is 23.1 Å². The fourth-order valence-electron chi connectivity index (χ4n) is 2.42. The zero-order valence-electron chi connectivity index (χ0n) is 14.7. The Morgan fingerprint density at radius 3 is 2.79 bits per heavy atom. The second-order valence-electron chi connectivity index (χ2n) is 6.88. The van der Waals surface area contributed by atoms with Gasteiger partial charge in [0.25, 0.3) is 6.01 Å². The number of hydrogen-bond donors (Lipinski definition) is 1. The van der Waals surface area contributed by atoms with Crippen molar-refractivity contribution >= 4 is 17.1 Å². The molecule has 0 aliphatic rings. The zero-order chi connectivity index (χ0) is 17.2. The second kappa shape index (κ2) is 6.65. The quantitative estimate of drug-likeness (QED) is 0.749. The molecule has 1 N–H and O–H groups in total. The van der Waals surface area contributed by atoms with Gasteiger partial charge in [0, 0.05) is 25.4 Å². The van der Waals surface area contributed by atoms with E-state index in [2.05, 4.69) is 36.2 Å². The molecule has 2 aromatic heterocycles. The van der Waals surface area contributed by atoms with Gasteiger partial charge in [-0.25, -0.2) is 0 Å². The molecule has 0 saturated heterocycles. The van der Waals surface area contributed by atoms with Crippen LogP contribution in [0.15, 0.2) is 35.0 Å². The lowest BCUT2D eigenvalue weighted by Crippen LogP contribution is -2.21. The van der Waals surface area contributed by atoms with Gasteiger partial charge in [0.15, 0.2) is 5.58 Å². The van der Waals surface area contributed by atoms with Crippen LogP contribution in [0.4, 0.5) is 6.01 Å². The molecular formula is C18H24N4O2. The fourth-order valence-corrected chi connectivity index (χ4v) is 2.42. The Morgan fingerprint density at radius 1 is 1.25 bits per heavy atom. The number of rotatable bonds is 6. The van der Waals surface area contributed by atoms with Crippen molar-refractivity contribution in [3.8, 4) is 0 Å². The van der Waals surface area contributed by atoms with Crippen LogP contribution < -0.4 is 5.32 Å². The standard InChI is InChI=1S/C18H24N4O2/c1-18(2,3)22-12-14(11-20-22)10-19-17-21-15-9-13(7-8-23-4)5-6-16(15)24-17/h5-6,9,11-12H,7-8,10H2,1-4H3,(H,19,21). The van der Waals surface area contributed by atoms with E-state index in [1.54, 1.807) is 7.11 Å². The van der Waals surface area contributed by atoms with Gasteiger partial charge in [0.05, 0.1) is 18.3 Å². The molecule has 3 rings (SSSR count). The lowest BCUT2D eigenvalue weighted by molar-refractivity contribution is 0.202. The number of methoxy groups -OCH3 is 1. The lowest BCUT2D eigenvalue weighted by Gasteiger charge is -2.18. The first kappa shape index (κ1) is 16.5. The maximum Gasteiger partial charge on any atom is 0.295 e. The summed E-state index contributed by atoms with van der Waals surface area (Å²) in [7, 11) is 1.71. The third kappa shape index (κ3) is 3.76. The summed E-state index contributed by atoms with van der Waals surface area (Å²) >= 11 is 0. The maximum atomic E-state index is 5.74. The molecule has 0 fully saturated rings. The Morgan fingerprint density at radius 2 is 2.08 bits per heavy atom. The monoisotopic (exact) mass is 328 g/mol. The molecule has 0 amide bonds. The van der Waals surface area contributed by atoms with Gasteiger partial charge in [-0.3, -0.25) is 4.68 Å². The lowest BCUT2D eigenvalue weighted by atomic mass is 10.1.